The van der Waals surface area contributed by atoms with Crippen LogP contribution in [-0.4, -0.2) is 10.7 Å². The van der Waals surface area contributed by atoms with Crippen molar-refractivity contribution in [1.82, 2.24) is 0 Å². The summed E-state index contributed by atoms with van der Waals surface area (Å²) in [6, 6.07) is 11.4. The lowest BCUT2D eigenvalue weighted by molar-refractivity contribution is -0.386. The number of benzene rings is 2. The second-order valence-electron chi connectivity index (χ2n) is 4.19. The van der Waals surface area contributed by atoms with Gasteiger partial charge in [0.2, 0.25) is 5.75 Å². The SMILES string of the molecule is O=C1c2ccccc2COc2c1cccc2[N+](=O)[O-]. The van der Waals surface area contributed by atoms with Gasteiger partial charge in [0.15, 0.2) is 5.78 Å². The van der Waals surface area contributed by atoms with Crippen LogP contribution in [0.25, 0.3) is 0 Å². The van der Waals surface area contributed by atoms with Crippen LogP contribution in [0, 0.1) is 10.1 Å². The number of carbonyl (C=O) groups is 1. The van der Waals surface area contributed by atoms with E-state index < -0.39 is 4.92 Å². The number of carbonyl (C=O) groups excluding carboxylic acids is 1. The van der Waals surface area contributed by atoms with E-state index in [0.717, 1.165) is 5.56 Å². The van der Waals surface area contributed by atoms with Crippen molar-refractivity contribution in [2.75, 3.05) is 0 Å². The van der Waals surface area contributed by atoms with Crippen LogP contribution in [-0.2, 0) is 6.61 Å². The summed E-state index contributed by atoms with van der Waals surface area (Å²) in [5, 5.41) is 11.0. The first kappa shape index (κ1) is 11.4. The molecule has 0 unspecified atom stereocenters. The Morgan fingerprint density at radius 1 is 1.05 bits per heavy atom. The molecule has 5 heteroatoms. The van der Waals surface area contributed by atoms with Crippen LogP contribution in [0.2, 0.25) is 0 Å². The molecule has 5 nitrogen and oxygen atoms in total. The fourth-order valence-electron chi connectivity index (χ4n) is 2.16. The van der Waals surface area contributed by atoms with Crippen molar-refractivity contribution in [2.24, 2.45) is 0 Å². The highest BCUT2D eigenvalue weighted by Gasteiger charge is 2.28. The normalized spacial score (nSPS) is 12.9. The molecule has 0 aromatic heterocycles. The van der Waals surface area contributed by atoms with E-state index in [2.05, 4.69) is 0 Å². The van der Waals surface area contributed by atoms with Gasteiger partial charge in [-0.25, -0.2) is 0 Å². The first-order valence-corrected chi connectivity index (χ1v) is 5.71. The minimum atomic E-state index is -0.540. The topological polar surface area (TPSA) is 69.4 Å². The minimum absolute atomic E-state index is 0.0497. The van der Waals surface area contributed by atoms with Crippen LogP contribution in [0.5, 0.6) is 5.75 Å². The van der Waals surface area contributed by atoms with Gasteiger partial charge in [-0.15, -0.1) is 0 Å². The minimum Gasteiger partial charge on any atom is -0.481 e. The second kappa shape index (κ2) is 4.20. The molecule has 3 rings (SSSR count). The fourth-order valence-corrected chi connectivity index (χ4v) is 2.16. The number of para-hydroxylation sites is 1. The summed E-state index contributed by atoms with van der Waals surface area (Å²) in [5.74, 6) is -0.194. The number of ketones is 1. The lowest BCUT2D eigenvalue weighted by atomic mass is 9.99. The zero-order valence-corrected chi connectivity index (χ0v) is 9.83. The highest BCUT2D eigenvalue weighted by molar-refractivity contribution is 6.12. The first-order valence-electron chi connectivity index (χ1n) is 5.71. The number of nitrogens with zero attached hydrogens (tertiary/aromatic N) is 1. The van der Waals surface area contributed by atoms with E-state index in [1.807, 2.05) is 0 Å². The number of rotatable bonds is 1. The molecule has 0 fully saturated rings. The van der Waals surface area contributed by atoms with Gasteiger partial charge in [0.1, 0.15) is 6.61 Å². The van der Waals surface area contributed by atoms with Gasteiger partial charge in [-0.1, -0.05) is 30.3 Å². The van der Waals surface area contributed by atoms with Gasteiger partial charge in [0.05, 0.1) is 10.5 Å². The summed E-state index contributed by atoms with van der Waals surface area (Å²) in [4.78, 5) is 22.8. The highest BCUT2D eigenvalue weighted by Crippen LogP contribution is 2.35. The van der Waals surface area contributed by atoms with Gasteiger partial charge in [0, 0.05) is 17.2 Å². The molecule has 0 saturated carbocycles. The highest BCUT2D eigenvalue weighted by atomic mass is 16.6. The zero-order chi connectivity index (χ0) is 13.4. The Hall–Kier alpha value is -2.69. The van der Waals surface area contributed by atoms with E-state index in [1.165, 1.54) is 12.1 Å². The van der Waals surface area contributed by atoms with E-state index >= 15 is 0 Å². The number of nitro groups is 1. The van der Waals surface area contributed by atoms with Crippen LogP contribution in [0.3, 0.4) is 0 Å². The number of hydrogen-bond acceptors (Lipinski definition) is 4. The van der Waals surface area contributed by atoms with Crippen LogP contribution in [0.4, 0.5) is 5.69 Å². The third-order valence-corrected chi connectivity index (χ3v) is 3.07. The summed E-state index contributed by atoms with van der Waals surface area (Å²) in [5.41, 5.74) is 1.32. The van der Waals surface area contributed by atoms with Crippen molar-refractivity contribution in [1.29, 1.82) is 0 Å². The summed E-state index contributed by atoms with van der Waals surface area (Å²) in [6.07, 6.45) is 0. The molecule has 0 bridgehead atoms. The smallest absolute Gasteiger partial charge is 0.311 e. The van der Waals surface area contributed by atoms with Crippen molar-refractivity contribution in [2.45, 2.75) is 6.61 Å². The van der Waals surface area contributed by atoms with E-state index in [-0.39, 0.29) is 29.4 Å². The molecule has 0 saturated heterocycles. The van der Waals surface area contributed by atoms with Gasteiger partial charge in [0.25, 0.3) is 0 Å². The molecule has 0 spiro atoms. The Balaban J connectivity index is 2.23. The third kappa shape index (κ3) is 1.76. The van der Waals surface area contributed by atoms with Crippen molar-refractivity contribution in [3.8, 4) is 5.75 Å². The van der Waals surface area contributed by atoms with E-state index in [4.69, 9.17) is 4.74 Å². The molecular formula is C14H9NO4. The van der Waals surface area contributed by atoms with Crippen LogP contribution < -0.4 is 4.74 Å². The molecule has 0 radical (unpaired) electrons. The third-order valence-electron chi connectivity index (χ3n) is 3.07. The number of hydrogen-bond donors (Lipinski definition) is 0. The van der Waals surface area contributed by atoms with E-state index in [0.29, 0.717) is 5.56 Å². The molecule has 1 aliphatic rings. The Labute approximate surface area is 108 Å². The second-order valence-corrected chi connectivity index (χ2v) is 4.19. The summed E-state index contributed by atoms with van der Waals surface area (Å²) in [6.45, 7) is 0.153. The zero-order valence-electron chi connectivity index (χ0n) is 9.83. The lowest BCUT2D eigenvalue weighted by Gasteiger charge is -2.05. The molecule has 0 amide bonds. The lowest BCUT2D eigenvalue weighted by Crippen LogP contribution is -2.03. The largest absolute Gasteiger partial charge is 0.481 e. The Morgan fingerprint density at radius 3 is 2.58 bits per heavy atom. The van der Waals surface area contributed by atoms with E-state index in [1.54, 1.807) is 30.3 Å². The van der Waals surface area contributed by atoms with Crippen LogP contribution in [0.15, 0.2) is 42.5 Å². The maximum Gasteiger partial charge on any atom is 0.311 e. The van der Waals surface area contributed by atoms with Gasteiger partial charge in [-0.05, 0) is 6.07 Å². The quantitative estimate of drug-likeness (QED) is 0.580. The fraction of sp³-hybridized carbons (Fsp3) is 0.0714. The van der Waals surface area contributed by atoms with E-state index in [9.17, 15) is 14.9 Å². The summed E-state index contributed by atoms with van der Waals surface area (Å²) >= 11 is 0. The number of nitro benzene ring substituents is 1. The molecule has 19 heavy (non-hydrogen) atoms. The molecule has 1 heterocycles. The van der Waals surface area contributed by atoms with Gasteiger partial charge in [-0.3, -0.25) is 14.9 Å². The molecular weight excluding hydrogens is 246 g/mol. The van der Waals surface area contributed by atoms with Gasteiger partial charge in [-0.2, -0.15) is 0 Å². The van der Waals surface area contributed by atoms with Crippen molar-refractivity contribution in [3.63, 3.8) is 0 Å². The predicted molar refractivity (Wildman–Crippen MR) is 67.3 cm³/mol. The monoisotopic (exact) mass is 255 g/mol. The van der Waals surface area contributed by atoms with Crippen molar-refractivity contribution in [3.05, 3.63) is 69.3 Å². The predicted octanol–water partition coefficient (Wildman–Crippen LogP) is 2.72. The van der Waals surface area contributed by atoms with Crippen LogP contribution >= 0.6 is 0 Å². The maximum absolute atomic E-state index is 12.4. The summed E-state index contributed by atoms with van der Waals surface area (Å²) in [7, 11) is 0. The molecule has 2 aromatic rings. The first-order chi connectivity index (χ1) is 9.18. The average molecular weight is 255 g/mol. The maximum atomic E-state index is 12.4. The number of fused-ring (bicyclic) bond motifs is 2. The number of ether oxygens (including phenoxy) is 1. The van der Waals surface area contributed by atoms with Crippen molar-refractivity contribution < 1.29 is 14.5 Å². The summed E-state index contributed by atoms with van der Waals surface area (Å²) < 4.78 is 5.48. The average Bonchev–Trinajstić information content (AvgIpc) is 2.57. The molecule has 0 aliphatic carbocycles. The Kier molecular flexibility index (Phi) is 2.52. The standard InChI is InChI=1S/C14H9NO4/c16-13-10-5-2-1-4-9(10)8-19-14-11(13)6-3-7-12(14)15(17)18/h1-7H,8H2. The van der Waals surface area contributed by atoms with Gasteiger partial charge >= 0.3 is 5.69 Å². The van der Waals surface area contributed by atoms with Crippen LogP contribution in [0.1, 0.15) is 21.5 Å². The molecule has 0 atom stereocenters. The Bertz CT molecular complexity index is 694. The molecule has 1 aliphatic heterocycles. The van der Waals surface area contributed by atoms with Crippen molar-refractivity contribution >= 4 is 11.5 Å². The van der Waals surface area contributed by atoms with Gasteiger partial charge < -0.3 is 4.74 Å². The molecule has 94 valence electrons. The molecule has 0 N–H and O–H groups in total. The Morgan fingerprint density at radius 2 is 1.79 bits per heavy atom. The molecule has 2 aromatic carbocycles.